The molecular weight excluding hydrogens is 339 g/mol. The number of esters is 1. The van der Waals surface area contributed by atoms with E-state index >= 15 is 0 Å². The first kappa shape index (κ1) is 19.9. The Bertz CT molecular complexity index is 652. The Morgan fingerprint density at radius 1 is 1.12 bits per heavy atom. The van der Waals surface area contributed by atoms with E-state index in [9.17, 15) is 18.8 Å². The Balaban J connectivity index is 1.83. The molecule has 0 aromatic heterocycles. The lowest BCUT2D eigenvalue weighted by Gasteiger charge is -2.31. The third kappa shape index (κ3) is 5.28. The van der Waals surface area contributed by atoms with Gasteiger partial charge >= 0.3 is 5.97 Å². The van der Waals surface area contributed by atoms with E-state index in [4.69, 9.17) is 4.74 Å². The molecular formula is C19H25FN2O4. The summed E-state index contributed by atoms with van der Waals surface area (Å²) in [6.07, 6.45) is 0.109. The number of ether oxygens (including phenoxy) is 1. The minimum atomic E-state index is -0.844. The molecule has 0 spiro atoms. The lowest BCUT2D eigenvalue weighted by atomic mass is 9.96. The molecule has 1 heterocycles. The van der Waals surface area contributed by atoms with Crippen molar-refractivity contribution < 1.29 is 23.5 Å². The number of nitrogens with zero attached hydrogens (tertiary/aromatic N) is 1. The molecule has 0 radical (unpaired) electrons. The van der Waals surface area contributed by atoms with Crippen molar-refractivity contribution in [2.24, 2.45) is 5.92 Å². The van der Waals surface area contributed by atoms with Gasteiger partial charge in [-0.15, -0.1) is 0 Å². The van der Waals surface area contributed by atoms with Crippen LogP contribution in [0.2, 0.25) is 0 Å². The van der Waals surface area contributed by atoms with Crippen LogP contribution in [0.5, 0.6) is 0 Å². The average molecular weight is 364 g/mol. The van der Waals surface area contributed by atoms with Crippen LogP contribution in [0.1, 0.15) is 44.0 Å². The molecule has 1 aliphatic rings. The number of carbonyl (C=O) groups excluding carboxylic acids is 3. The largest absolute Gasteiger partial charge is 0.452 e. The Morgan fingerprint density at radius 2 is 1.69 bits per heavy atom. The van der Waals surface area contributed by atoms with Crippen molar-refractivity contribution in [2.45, 2.75) is 45.8 Å². The number of nitrogens with one attached hydrogen (secondary N) is 1. The fourth-order valence-corrected chi connectivity index (χ4v) is 2.82. The van der Waals surface area contributed by atoms with Crippen LogP contribution in [-0.4, -0.2) is 47.9 Å². The second kappa shape index (κ2) is 8.78. The van der Waals surface area contributed by atoms with E-state index in [2.05, 4.69) is 5.32 Å². The zero-order chi connectivity index (χ0) is 19.3. The van der Waals surface area contributed by atoms with Crippen molar-refractivity contribution in [2.75, 3.05) is 13.1 Å². The monoisotopic (exact) mass is 364 g/mol. The highest BCUT2D eigenvalue weighted by molar-refractivity contribution is 5.94. The number of likely N-dealkylation sites (tertiary alicyclic amines) is 1. The van der Waals surface area contributed by atoms with E-state index in [0.29, 0.717) is 31.5 Å². The molecule has 1 saturated heterocycles. The van der Waals surface area contributed by atoms with Crippen molar-refractivity contribution in [1.82, 2.24) is 10.2 Å². The summed E-state index contributed by atoms with van der Waals surface area (Å²) in [6, 6.07) is 5.38. The van der Waals surface area contributed by atoms with Crippen molar-refractivity contribution in [3.63, 3.8) is 0 Å². The molecule has 2 rings (SSSR count). The van der Waals surface area contributed by atoms with Crippen LogP contribution < -0.4 is 5.32 Å². The molecule has 1 N–H and O–H groups in total. The average Bonchev–Trinajstić information content (AvgIpc) is 2.61. The van der Waals surface area contributed by atoms with E-state index in [1.807, 2.05) is 13.8 Å². The summed E-state index contributed by atoms with van der Waals surface area (Å²) in [4.78, 5) is 38.1. The zero-order valence-electron chi connectivity index (χ0n) is 15.3. The van der Waals surface area contributed by atoms with Gasteiger partial charge in [0.05, 0.1) is 5.92 Å². The van der Waals surface area contributed by atoms with E-state index in [-0.39, 0.29) is 23.8 Å². The van der Waals surface area contributed by atoms with E-state index < -0.39 is 17.9 Å². The number of hydrogen-bond donors (Lipinski definition) is 1. The molecule has 26 heavy (non-hydrogen) atoms. The first-order chi connectivity index (χ1) is 12.3. The number of halogens is 1. The lowest BCUT2D eigenvalue weighted by Crippen LogP contribution is -2.43. The predicted octanol–water partition coefficient (Wildman–Crippen LogP) is 2.13. The number of amides is 2. The maximum Gasteiger partial charge on any atom is 0.309 e. The first-order valence-corrected chi connectivity index (χ1v) is 8.83. The van der Waals surface area contributed by atoms with Gasteiger partial charge in [0.15, 0.2) is 6.10 Å². The van der Waals surface area contributed by atoms with Gasteiger partial charge in [0.2, 0.25) is 0 Å². The van der Waals surface area contributed by atoms with Crippen LogP contribution in [0.25, 0.3) is 0 Å². The fraction of sp³-hybridized carbons (Fsp3) is 0.526. The minimum absolute atomic E-state index is 0.0237. The van der Waals surface area contributed by atoms with E-state index in [0.717, 1.165) is 0 Å². The molecule has 142 valence electrons. The summed E-state index contributed by atoms with van der Waals surface area (Å²) >= 11 is 0. The molecule has 0 aliphatic carbocycles. The van der Waals surface area contributed by atoms with Gasteiger partial charge in [0, 0.05) is 24.7 Å². The third-order valence-corrected chi connectivity index (χ3v) is 4.30. The van der Waals surface area contributed by atoms with Crippen LogP contribution in [0.15, 0.2) is 24.3 Å². The summed E-state index contributed by atoms with van der Waals surface area (Å²) in [6.45, 7) is 6.05. The molecule has 1 aromatic carbocycles. The summed E-state index contributed by atoms with van der Waals surface area (Å²) in [5, 5.41) is 2.70. The number of rotatable bonds is 5. The first-order valence-electron chi connectivity index (χ1n) is 8.83. The summed E-state index contributed by atoms with van der Waals surface area (Å²) in [7, 11) is 0. The molecule has 1 atom stereocenters. The number of hydrogen-bond acceptors (Lipinski definition) is 4. The highest BCUT2D eigenvalue weighted by Gasteiger charge is 2.30. The van der Waals surface area contributed by atoms with E-state index in [1.165, 1.54) is 24.3 Å². The van der Waals surface area contributed by atoms with E-state index in [1.54, 1.807) is 11.8 Å². The molecule has 2 amide bonds. The summed E-state index contributed by atoms with van der Waals surface area (Å²) < 4.78 is 18.2. The summed E-state index contributed by atoms with van der Waals surface area (Å²) in [5.41, 5.74) is 0.423. The lowest BCUT2D eigenvalue weighted by molar-refractivity contribution is -0.160. The van der Waals surface area contributed by atoms with Crippen LogP contribution in [0, 0.1) is 11.7 Å². The van der Waals surface area contributed by atoms with Crippen molar-refractivity contribution in [3.05, 3.63) is 35.6 Å². The second-order valence-corrected chi connectivity index (χ2v) is 6.82. The van der Waals surface area contributed by atoms with Gasteiger partial charge in [0.25, 0.3) is 11.8 Å². The van der Waals surface area contributed by atoms with Gasteiger partial charge in [-0.25, -0.2) is 4.39 Å². The van der Waals surface area contributed by atoms with Crippen molar-refractivity contribution in [3.8, 4) is 0 Å². The smallest absolute Gasteiger partial charge is 0.309 e. The van der Waals surface area contributed by atoms with Gasteiger partial charge in [-0.2, -0.15) is 0 Å². The highest BCUT2D eigenvalue weighted by Crippen LogP contribution is 2.21. The maximum atomic E-state index is 13.0. The number of benzene rings is 1. The fourth-order valence-electron chi connectivity index (χ4n) is 2.82. The molecule has 1 aliphatic heterocycles. The van der Waals surface area contributed by atoms with Crippen molar-refractivity contribution >= 4 is 17.8 Å². The summed E-state index contributed by atoms with van der Waals surface area (Å²) in [5.74, 6) is -1.63. The number of piperidine rings is 1. The van der Waals surface area contributed by atoms with Gasteiger partial charge < -0.3 is 15.0 Å². The Labute approximate surface area is 152 Å². The molecule has 0 unspecified atom stereocenters. The van der Waals surface area contributed by atoms with Gasteiger partial charge in [0.1, 0.15) is 5.82 Å². The topological polar surface area (TPSA) is 75.7 Å². The van der Waals surface area contributed by atoms with Crippen molar-refractivity contribution in [1.29, 1.82) is 0 Å². The zero-order valence-corrected chi connectivity index (χ0v) is 15.3. The Kier molecular flexibility index (Phi) is 6.71. The van der Waals surface area contributed by atoms with Gasteiger partial charge in [-0.3, -0.25) is 14.4 Å². The normalized spacial score (nSPS) is 16.3. The molecule has 1 aromatic rings. The molecule has 6 nitrogen and oxygen atoms in total. The molecule has 7 heteroatoms. The maximum absolute atomic E-state index is 13.0. The Hall–Kier alpha value is -2.44. The highest BCUT2D eigenvalue weighted by atomic mass is 19.1. The standard InChI is InChI=1S/C19H25FN2O4/c1-12(2)21-17(23)13(3)26-19(25)15-8-10-22(11-9-15)18(24)14-4-6-16(20)7-5-14/h4-7,12-13,15H,8-11H2,1-3H3,(H,21,23)/t13-/m1/s1. The third-order valence-electron chi connectivity index (χ3n) is 4.30. The molecule has 0 bridgehead atoms. The predicted molar refractivity (Wildman–Crippen MR) is 93.9 cm³/mol. The molecule has 1 fully saturated rings. The van der Waals surface area contributed by atoms with Crippen LogP contribution in [0.4, 0.5) is 4.39 Å². The van der Waals surface area contributed by atoms with Crippen LogP contribution >= 0.6 is 0 Å². The SMILES string of the molecule is CC(C)NC(=O)[C@@H](C)OC(=O)C1CCN(C(=O)c2ccc(F)cc2)CC1. The number of carbonyl (C=O) groups is 3. The van der Waals surface area contributed by atoms with Crippen LogP contribution in [0.3, 0.4) is 0 Å². The van der Waals surface area contributed by atoms with Crippen LogP contribution in [-0.2, 0) is 14.3 Å². The minimum Gasteiger partial charge on any atom is -0.452 e. The second-order valence-electron chi connectivity index (χ2n) is 6.82. The van der Waals surface area contributed by atoms with Gasteiger partial charge in [-0.05, 0) is 57.9 Å². The van der Waals surface area contributed by atoms with Gasteiger partial charge in [-0.1, -0.05) is 0 Å². The Morgan fingerprint density at radius 3 is 2.23 bits per heavy atom. The molecule has 0 saturated carbocycles. The quantitative estimate of drug-likeness (QED) is 0.812.